The summed E-state index contributed by atoms with van der Waals surface area (Å²) < 4.78 is 0. The first kappa shape index (κ1) is 21.2. The zero-order valence-corrected chi connectivity index (χ0v) is 13.1. The molecule has 0 rings (SSSR count). The van der Waals surface area contributed by atoms with Crippen LogP contribution in [0.2, 0.25) is 0 Å². The van der Waals surface area contributed by atoms with Crippen LogP contribution >= 0.6 is 0 Å². The average molecular weight is 287 g/mol. The van der Waals surface area contributed by atoms with Crippen molar-refractivity contribution < 1.29 is 14.4 Å². The van der Waals surface area contributed by atoms with Gasteiger partial charge >= 0.3 is 0 Å². The van der Waals surface area contributed by atoms with E-state index in [0.717, 1.165) is 19.1 Å². The number of hydrazine groups is 1. The molecule has 0 saturated heterocycles. The van der Waals surface area contributed by atoms with Crippen molar-refractivity contribution in [3.63, 3.8) is 0 Å². The van der Waals surface area contributed by atoms with E-state index in [1.54, 1.807) is 4.90 Å². The number of nitrogens with zero attached hydrogens (tertiary/aromatic N) is 1. The lowest BCUT2D eigenvalue weighted by atomic mass is 10.0. The highest BCUT2D eigenvalue weighted by atomic mass is 16.1. The van der Waals surface area contributed by atoms with E-state index in [4.69, 9.17) is 5.84 Å². The van der Waals surface area contributed by atoms with Gasteiger partial charge in [0, 0.05) is 6.54 Å². The van der Waals surface area contributed by atoms with E-state index >= 15 is 0 Å². The first-order valence-corrected chi connectivity index (χ1v) is 7.14. The van der Waals surface area contributed by atoms with Crippen LogP contribution in [-0.2, 0) is 14.4 Å². The summed E-state index contributed by atoms with van der Waals surface area (Å²) in [5.41, 5.74) is 2.55. The monoisotopic (exact) mass is 287 g/mol. The Bertz CT molecular complexity index is 283. The number of nitrogens with one attached hydrogen (secondary N) is 1. The summed E-state index contributed by atoms with van der Waals surface area (Å²) in [6, 6.07) is -0.364. The van der Waals surface area contributed by atoms with Gasteiger partial charge in [-0.25, -0.2) is 0 Å². The molecule has 1 atom stereocenters. The lowest BCUT2D eigenvalue weighted by Crippen LogP contribution is -2.43. The molecule has 6 nitrogen and oxygen atoms in total. The maximum atomic E-state index is 11.6. The summed E-state index contributed by atoms with van der Waals surface area (Å²) >= 11 is 0. The van der Waals surface area contributed by atoms with Crippen LogP contribution in [0.4, 0.5) is 0 Å². The first-order chi connectivity index (χ1) is 9.52. The Hall–Kier alpha value is -1.11. The molecule has 0 aromatic carbocycles. The molecular formula is C14H29N3O3. The molecule has 0 bridgehead atoms. The van der Waals surface area contributed by atoms with E-state index in [9.17, 15) is 14.4 Å². The maximum Gasteiger partial charge on any atom is 0.146 e. The molecule has 0 aromatic rings. The van der Waals surface area contributed by atoms with Gasteiger partial charge in [-0.1, -0.05) is 20.3 Å². The third-order valence-electron chi connectivity index (χ3n) is 2.69. The van der Waals surface area contributed by atoms with E-state index in [-0.39, 0.29) is 30.7 Å². The molecule has 0 spiro atoms. The van der Waals surface area contributed by atoms with Gasteiger partial charge in [0.2, 0.25) is 0 Å². The maximum absolute atomic E-state index is 11.6. The van der Waals surface area contributed by atoms with Crippen molar-refractivity contribution in [2.24, 2.45) is 5.84 Å². The number of hydrogen-bond donors (Lipinski definition) is 2. The Kier molecular flexibility index (Phi) is 15.2. The van der Waals surface area contributed by atoms with Gasteiger partial charge in [-0.3, -0.25) is 25.8 Å². The van der Waals surface area contributed by atoms with Gasteiger partial charge in [0.25, 0.3) is 0 Å². The Morgan fingerprint density at radius 2 is 1.85 bits per heavy atom. The minimum atomic E-state index is -0.364. The van der Waals surface area contributed by atoms with Gasteiger partial charge in [-0.15, -0.1) is 0 Å². The fourth-order valence-electron chi connectivity index (χ4n) is 1.89. The van der Waals surface area contributed by atoms with Crippen LogP contribution in [0, 0.1) is 0 Å². The van der Waals surface area contributed by atoms with Crippen LogP contribution in [0.5, 0.6) is 0 Å². The summed E-state index contributed by atoms with van der Waals surface area (Å²) in [6.07, 6.45) is 3.04. The molecule has 20 heavy (non-hydrogen) atoms. The van der Waals surface area contributed by atoms with Crippen molar-refractivity contribution >= 4 is 17.9 Å². The second kappa shape index (κ2) is 14.3. The number of aldehydes is 1. The minimum Gasteiger partial charge on any atom is -0.302 e. The number of carbonyl (C=O) groups excluding carboxylic acids is 3. The normalized spacial score (nSPS) is 11.5. The number of carbonyl (C=O) groups is 3. The van der Waals surface area contributed by atoms with Gasteiger partial charge in [-0.2, -0.15) is 0 Å². The number of Topliss-reactive ketones (excluding diaryl/α,β-unsaturated/α-hetero) is 2. The number of ketones is 2. The van der Waals surface area contributed by atoms with Crippen LogP contribution in [0.3, 0.4) is 0 Å². The predicted molar refractivity (Wildman–Crippen MR) is 80.2 cm³/mol. The van der Waals surface area contributed by atoms with Crippen molar-refractivity contribution in [3.8, 4) is 0 Å². The fraction of sp³-hybridized carbons (Fsp3) is 0.786. The largest absolute Gasteiger partial charge is 0.302 e. The van der Waals surface area contributed by atoms with Gasteiger partial charge in [0.15, 0.2) is 0 Å². The Morgan fingerprint density at radius 1 is 1.25 bits per heavy atom. The Morgan fingerprint density at radius 3 is 2.25 bits per heavy atom. The molecule has 6 heteroatoms. The Labute approximate surface area is 122 Å². The topological polar surface area (TPSA) is 92.5 Å². The van der Waals surface area contributed by atoms with Crippen LogP contribution in [0.25, 0.3) is 0 Å². The molecule has 0 heterocycles. The lowest BCUT2D eigenvalue weighted by Gasteiger charge is -2.27. The van der Waals surface area contributed by atoms with Gasteiger partial charge < -0.3 is 4.79 Å². The van der Waals surface area contributed by atoms with Crippen molar-refractivity contribution in [1.29, 1.82) is 0 Å². The zero-order chi connectivity index (χ0) is 16.0. The number of unbranched alkanes of at least 4 members (excludes halogenated alkanes) is 1. The minimum absolute atomic E-state index is 0.0150. The molecule has 0 fully saturated rings. The van der Waals surface area contributed by atoms with Crippen LogP contribution in [0.15, 0.2) is 0 Å². The van der Waals surface area contributed by atoms with E-state index in [1.807, 2.05) is 13.8 Å². The van der Waals surface area contributed by atoms with Crippen molar-refractivity contribution in [3.05, 3.63) is 0 Å². The standard InChI is InChI=1S/C12H23N3O3.C2H6/c1-10(17)9-15(7-8-16)12(11(2)18)5-3-4-6-14-13;1-2/h8,12,14H,3-7,9,13H2,1-2H3;1-2H3. The molecular weight excluding hydrogens is 258 g/mol. The van der Waals surface area contributed by atoms with Gasteiger partial charge in [-0.05, 0) is 26.7 Å². The molecule has 0 aliphatic carbocycles. The molecule has 0 amide bonds. The second-order valence-electron chi connectivity index (χ2n) is 4.37. The van der Waals surface area contributed by atoms with Crippen molar-refractivity contribution in [2.45, 2.75) is 53.0 Å². The molecule has 118 valence electrons. The van der Waals surface area contributed by atoms with Gasteiger partial charge in [0.1, 0.15) is 17.9 Å². The molecule has 3 N–H and O–H groups in total. The summed E-state index contributed by atoms with van der Waals surface area (Å²) in [5.74, 6) is 5.10. The molecule has 0 aliphatic heterocycles. The molecule has 0 radical (unpaired) electrons. The molecule has 0 aromatic heterocycles. The number of nitrogens with two attached hydrogens (primary N) is 1. The van der Waals surface area contributed by atoms with E-state index in [0.29, 0.717) is 13.0 Å². The molecule has 1 unspecified atom stereocenters. The SMILES string of the molecule is CC.CC(=O)CN(CC=O)C(CCCCNN)C(C)=O. The number of hydrogen-bond acceptors (Lipinski definition) is 6. The quantitative estimate of drug-likeness (QED) is 0.251. The number of rotatable bonds is 11. The van der Waals surface area contributed by atoms with Crippen LogP contribution in [-0.4, -0.2) is 48.4 Å². The summed E-state index contributed by atoms with van der Waals surface area (Å²) in [5, 5.41) is 0. The van der Waals surface area contributed by atoms with Crippen LogP contribution < -0.4 is 11.3 Å². The summed E-state index contributed by atoms with van der Waals surface area (Å²) in [6.45, 7) is 7.87. The van der Waals surface area contributed by atoms with E-state index in [2.05, 4.69) is 5.43 Å². The Balaban J connectivity index is 0. The van der Waals surface area contributed by atoms with Gasteiger partial charge in [0.05, 0.1) is 19.1 Å². The zero-order valence-electron chi connectivity index (χ0n) is 13.1. The smallest absolute Gasteiger partial charge is 0.146 e. The molecule has 0 saturated carbocycles. The summed E-state index contributed by atoms with van der Waals surface area (Å²) in [4.78, 5) is 35.0. The summed E-state index contributed by atoms with van der Waals surface area (Å²) in [7, 11) is 0. The third-order valence-corrected chi connectivity index (χ3v) is 2.69. The lowest BCUT2D eigenvalue weighted by molar-refractivity contribution is -0.125. The van der Waals surface area contributed by atoms with E-state index < -0.39 is 0 Å². The highest BCUT2D eigenvalue weighted by Gasteiger charge is 2.22. The molecule has 0 aliphatic rings. The van der Waals surface area contributed by atoms with Crippen LogP contribution in [0.1, 0.15) is 47.0 Å². The fourth-order valence-corrected chi connectivity index (χ4v) is 1.89. The average Bonchev–Trinajstić information content (AvgIpc) is 2.40. The predicted octanol–water partition coefficient (Wildman–Crippen LogP) is 0.694. The third kappa shape index (κ3) is 10.8. The first-order valence-electron chi connectivity index (χ1n) is 7.14. The second-order valence-corrected chi connectivity index (χ2v) is 4.37. The highest BCUT2D eigenvalue weighted by molar-refractivity contribution is 5.83. The van der Waals surface area contributed by atoms with Crippen molar-refractivity contribution in [1.82, 2.24) is 10.3 Å². The van der Waals surface area contributed by atoms with E-state index in [1.165, 1.54) is 13.8 Å². The highest BCUT2D eigenvalue weighted by Crippen LogP contribution is 2.10. The van der Waals surface area contributed by atoms with Crippen molar-refractivity contribution in [2.75, 3.05) is 19.6 Å².